The van der Waals surface area contributed by atoms with Crippen LogP contribution in [0.2, 0.25) is 0 Å². The number of anilines is 1. The summed E-state index contributed by atoms with van der Waals surface area (Å²) in [5.41, 5.74) is 1.39. The van der Waals surface area contributed by atoms with Gasteiger partial charge in [0.15, 0.2) is 0 Å². The van der Waals surface area contributed by atoms with E-state index in [-0.39, 0.29) is 24.3 Å². The van der Waals surface area contributed by atoms with E-state index in [0.717, 1.165) is 5.56 Å². The fraction of sp³-hybridized carbons (Fsp3) is 0.235. The molecule has 5 nitrogen and oxygen atoms in total. The highest BCUT2D eigenvalue weighted by atomic mass is 32.2. The summed E-state index contributed by atoms with van der Waals surface area (Å²) in [6.07, 6.45) is 0.169. The fourth-order valence-electron chi connectivity index (χ4n) is 2.31. The maximum atomic E-state index is 12.9. The van der Waals surface area contributed by atoms with E-state index < -0.39 is 16.0 Å². The van der Waals surface area contributed by atoms with Crippen LogP contribution >= 0.6 is 0 Å². The molecule has 0 atom stereocenters. The smallest absolute Gasteiger partial charge is 0.303 e. The van der Waals surface area contributed by atoms with Crippen molar-refractivity contribution in [1.29, 1.82) is 0 Å². The summed E-state index contributed by atoms with van der Waals surface area (Å²) >= 11 is 0. The van der Waals surface area contributed by atoms with Gasteiger partial charge in [-0.15, -0.1) is 0 Å². The number of benzene rings is 2. The summed E-state index contributed by atoms with van der Waals surface area (Å²) in [4.78, 5) is 10.9. The Labute approximate surface area is 136 Å². The van der Waals surface area contributed by atoms with Crippen molar-refractivity contribution >= 4 is 21.7 Å². The summed E-state index contributed by atoms with van der Waals surface area (Å²) in [5, 5.41) is 8.80. The molecule has 0 aliphatic heterocycles. The molecular weight excluding hydrogens is 314 g/mol. The Kier molecular flexibility index (Phi) is 5.39. The van der Waals surface area contributed by atoms with E-state index in [0.29, 0.717) is 5.69 Å². The second-order valence-corrected chi connectivity index (χ2v) is 7.04. The van der Waals surface area contributed by atoms with E-state index in [1.54, 1.807) is 30.3 Å². The van der Waals surface area contributed by atoms with Gasteiger partial charge in [0.1, 0.15) is 0 Å². The Bertz CT molecular complexity index is 772. The molecule has 0 unspecified atom stereocenters. The van der Waals surface area contributed by atoms with Crippen LogP contribution in [0.25, 0.3) is 0 Å². The van der Waals surface area contributed by atoms with Crippen LogP contribution in [0, 0.1) is 6.92 Å². The molecule has 6 heteroatoms. The molecule has 122 valence electrons. The lowest BCUT2D eigenvalue weighted by atomic mass is 10.2. The highest BCUT2D eigenvalue weighted by molar-refractivity contribution is 7.92. The average molecular weight is 333 g/mol. The van der Waals surface area contributed by atoms with Gasteiger partial charge in [-0.25, -0.2) is 8.42 Å². The molecule has 0 saturated carbocycles. The number of aliphatic carboxylic acids is 1. The Morgan fingerprint density at radius 2 is 1.65 bits per heavy atom. The monoisotopic (exact) mass is 333 g/mol. The topological polar surface area (TPSA) is 74.7 Å². The van der Waals surface area contributed by atoms with Crippen LogP contribution in [0.3, 0.4) is 0 Å². The lowest BCUT2D eigenvalue weighted by Crippen LogP contribution is -2.32. The van der Waals surface area contributed by atoms with Crippen LogP contribution in [-0.2, 0) is 14.8 Å². The standard InChI is InChI=1S/C17H19NO4S/c1-14-8-5-6-11-16(14)18(13-7-12-17(19)20)23(21,22)15-9-3-2-4-10-15/h2-6,8-11H,7,12-13H2,1H3,(H,19,20). The van der Waals surface area contributed by atoms with Crippen molar-refractivity contribution < 1.29 is 18.3 Å². The first kappa shape index (κ1) is 17.0. The fourth-order valence-corrected chi connectivity index (χ4v) is 3.90. The van der Waals surface area contributed by atoms with Crippen molar-refractivity contribution in [2.45, 2.75) is 24.7 Å². The third-order valence-corrected chi connectivity index (χ3v) is 5.29. The normalized spacial score (nSPS) is 11.2. The minimum atomic E-state index is -3.73. The number of carboxylic acid groups (broad SMARTS) is 1. The van der Waals surface area contributed by atoms with Crippen molar-refractivity contribution in [3.05, 3.63) is 60.2 Å². The van der Waals surface area contributed by atoms with Gasteiger partial charge in [0, 0.05) is 13.0 Å². The molecule has 2 aromatic rings. The SMILES string of the molecule is Cc1ccccc1N(CCCC(=O)O)S(=O)(=O)c1ccccc1. The third-order valence-electron chi connectivity index (χ3n) is 3.47. The molecule has 0 bridgehead atoms. The minimum Gasteiger partial charge on any atom is -0.481 e. The molecular formula is C17H19NO4S. The van der Waals surface area contributed by atoms with Gasteiger partial charge in [0.2, 0.25) is 0 Å². The predicted octanol–water partition coefficient (Wildman–Crippen LogP) is 3.06. The molecule has 23 heavy (non-hydrogen) atoms. The Morgan fingerprint density at radius 1 is 1.04 bits per heavy atom. The van der Waals surface area contributed by atoms with E-state index in [4.69, 9.17) is 5.11 Å². The first-order valence-corrected chi connectivity index (χ1v) is 8.72. The summed E-state index contributed by atoms with van der Waals surface area (Å²) < 4.78 is 27.2. The zero-order valence-corrected chi connectivity index (χ0v) is 13.7. The Morgan fingerprint density at radius 3 is 2.26 bits per heavy atom. The summed E-state index contributed by atoms with van der Waals surface area (Å²) in [7, 11) is -3.73. The van der Waals surface area contributed by atoms with E-state index >= 15 is 0 Å². The van der Waals surface area contributed by atoms with Gasteiger partial charge in [-0.2, -0.15) is 0 Å². The summed E-state index contributed by atoms with van der Waals surface area (Å²) in [6, 6.07) is 15.3. The van der Waals surface area contributed by atoms with Gasteiger partial charge in [0.05, 0.1) is 10.6 Å². The maximum absolute atomic E-state index is 12.9. The number of sulfonamides is 1. The molecule has 0 aromatic heterocycles. The van der Waals surface area contributed by atoms with Crippen LogP contribution in [0.4, 0.5) is 5.69 Å². The van der Waals surface area contributed by atoms with E-state index in [9.17, 15) is 13.2 Å². The lowest BCUT2D eigenvalue weighted by Gasteiger charge is -2.26. The number of carbonyl (C=O) groups is 1. The molecule has 2 rings (SSSR count). The van der Waals surface area contributed by atoms with Gasteiger partial charge in [0.25, 0.3) is 10.0 Å². The number of nitrogens with zero attached hydrogens (tertiary/aromatic N) is 1. The molecule has 0 aliphatic carbocycles. The lowest BCUT2D eigenvalue weighted by molar-refractivity contribution is -0.137. The van der Waals surface area contributed by atoms with Crippen LogP contribution in [-0.4, -0.2) is 26.0 Å². The van der Waals surface area contributed by atoms with Gasteiger partial charge >= 0.3 is 5.97 Å². The third kappa shape index (κ3) is 4.10. The van der Waals surface area contributed by atoms with Gasteiger partial charge in [-0.05, 0) is 37.1 Å². The molecule has 2 aromatic carbocycles. The number of hydrogen-bond acceptors (Lipinski definition) is 3. The number of para-hydroxylation sites is 1. The Hall–Kier alpha value is -2.34. The van der Waals surface area contributed by atoms with Crippen LogP contribution in [0.15, 0.2) is 59.5 Å². The van der Waals surface area contributed by atoms with Crippen LogP contribution in [0.1, 0.15) is 18.4 Å². The molecule has 0 amide bonds. The minimum absolute atomic E-state index is 0.0767. The maximum Gasteiger partial charge on any atom is 0.303 e. The van der Waals surface area contributed by atoms with Crippen molar-refractivity contribution in [3.63, 3.8) is 0 Å². The first-order valence-electron chi connectivity index (χ1n) is 7.28. The number of aryl methyl sites for hydroxylation is 1. The second-order valence-electron chi connectivity index (χ2n) is 5.17. The largest absolute Gasteiger partial charge is 0.481 e. The molecule has 0 heterocycles. The van der Waals surface area contributed by atoms with Gasteiger partial charge in [-0.3, -0.25) is 9.10 Å². The molecule has 0 spiro atoms. The number of hydrogen-bond donors (Lipinski definition) is 1. The average Bonchev–Trinajstić information content (AvgIpc) is 2.53. The highest BCUT2D eigenvalue weighted by Crippen LogP contribution is 2.27. The van der Waals surface area contributed by atoms with Crippen molar-refractivity contribution in [2.24, 2.45) is 0 Å². The van der Waals surface area contributed by atoms with Crippen molar-refractivity contribution in [3.8, 4) is 0 Å². The van der Waals surface area contributed by atoms with E-state index in [1.165, 1.54) is 16.4 Å². The summed E-state index contributed by atoms with van der Waals surface area (Å²) in [6.45, 7) is 1.95. The zero-order chi connectivity index (χ0) is 16.9. The molecule has 0 aliphatic rings. The van der Waals surface area contributed by atoms with Crippen LogP contribution in [0.5, 0.6) is 0 Å². The number of carboxylic acids is 1. The second kappa shape index (κ2) is 7.28. The zero-order valence-electron chi connectivity index (χ0n) is 12.8. The first-order chi connectivity index (χ1) is 10.9. The van der Waals surface area contributed by atoms with E-state index in [1.807, 2.05) is 19.1 Å². The van der Waals surface area contributed by atoms with E-state index in [2.05, 4.69) is 0 Å². The molecule has 0 saturated heterocycles. The van der Waals surface area contributed by atoms with Crippen LogP contribution < -0.4 is 4.31 Å². The molecule has 0 fully saturated rings. The summed E-state index contributed by atoms with van der Waals surface area (Å²) in [5.74, 6) is -0.938. The molecule has 1 N–H and O–H groups in total. The highest BCUT2D eigenvalue weighted by Gasteiger charge is 2.25. The Balaban J connectivity index is 2.41. The van der Waals surface area contributed by atoms with Crippen molar-refractivity contribution in [1.82, 2.24) is 0 Å². The number of rotatable bonds is 7. The quantitative estimate of drug-likeness (QED) is 0.845. The van der Waals surface area contributed by atoms with Gasteiger partial charge < -0.3 is 5.11 Å². The van der Waals surface area contributed by atoms with Crippen molar-refractivity contribution in [2.75, 3.05) is 10.8 Å². The predicted molar refractivity (Wildman–Crippen MR) is 89.0 cm³/mol. The molecule has 0 radical (unpaired) electrons. The van der Waals surface area contributed by atoms with Gasteiger partial charge in [-0.1, -0.05) is 36.4 Å².